The molecule has 3 aromatic rings. The molecule has 1 aliphatic rings. The number of ether oxygens (including phenoxy) is 1. The Kier molecular flexibility index (Phi) is 4.43. The van der Waals surface area contributed by atoms with E-state index in [4.69, 9.17) is 4.74 Å². The molecule has 1 aliphatic carbocycles. The van der Waals surface area contributed by atoms with Crippen LogP contribution >= 0.6 is 15.9 Å². The van der Waals surface area contributed by atoms with Crippen molar-refractivity contribution in [3.8, 4) is 0 Å². The highest BCUT2D eigenvalue weighted by Crippen LogP contribution is 2.44. The molecular weight excluding hydrogens is 382 g/mol. The third kappa shape index (κ3) is 3.14. The van der Waals surface area contributed by atoms with Crippen LogP contribution in [0.4, 0.5) is 5.82 Å². The number of rotatable bonds is 6. The maximum Gasteiger partial charge on any atom is 0.254 e. The van der Waals surface area contributed by atoms with Crippen LogP contribution in [0.3, 0.4) is 0 Å². The summed E-state index contributed by atoms with van der Waals surface area (Å²) in [7, 11) is 1.67. The van der Waals surface area contributed by atoms with Crippen LogP contribution < -0.4 is 5.32 Å². The van der Waals surface area contributed by atoms with E-state index in [2.05, 4.69) is 60.6 Å². The number of fused-ring (bicyclic) bond motifs is 1. The van der Waals surface area contributed by atoms with Crippen molar-refractivity contribution in [1.82, 2.24) is 19.6 Å². The summed E-state index contributed by atoms with van der Waals surface area (Å²) in [5, 5.41) is 7.86. The molecule has 2 aromatic heterocycles. The van der Waals surface area contributed by atoms with Gasteiger partial charge in [-0.05, 0) is 30.5 Å². The van der Waals surface area contributed by atoms with Crippen molar-refractivity contribution in [2.75, 3.05) is 19.0 Å². The lowest BCUT2D eigenvalue weighted by Gasteiger charge is -2.43. The molecule has 6 nitrogen and oxygen atoms in total. The molecule has 7 heteroatoms. The first-order chi connectivity index (χ1) is 12.2. The van der Waals surface area contributed by atoms with E-state index in [1.807, 2.05) is 6.07 Å². The first kappa shape index (κ1) is 16.5. The van der Waals surface area contributed by atoms with Gasteiger partial charge in [0, 0.05) is 29.6 Å². The van der Waals surface area contributed by atoms with Crippen LogP contribution in [0.5, 0.6) is 0 Å². The Labute approximate surface area is 154 Å². The summed E-state index contributed by atoms with van der Waals surface area (Å²) in [6.07, 6.45) is 5.18. The SMILES string of the molecule is COCc1cc(NCC2(c3ccc(Br)cc3)CCC2)n2ncnc2n1. The normalized spacial score (nSPS) is 15.9. The van der Waals surface area contributed by atoms with Gasteiger partial charge in [-0.25, -0.2) is 4.98 Å². The van der Waals surface area contributed by atoms with Crippen LogP contribution in [0.15, 0.2) is 41.1 Å². The number of aromatic nitrogens is 4. The molecule has 0 radical (unpaired) electrons. The highest BCUT2D eigenvalue weighted by Gasteiger charge is 2.38. The molecular formula is C18H20BrN5O. The van der Waals surface area contributed by atoms with Crippen molar-refractivity contribution in [1.29, 1.82) is 0 Å². The number of benzene rings is 1. The van der Waals surface area contributed by atoms with E-state index in [-0.39, 0.29) is 5.41 Å². The van der Waals surface area contributed by atoms with Crippen LogP contribution in [0, 0.1) is 0 Å². The predicted molar refractivity (Wildman–Crippen MR) is 99.7 cm³/mol. The number of halogens is 1. The fourth-order valence-corrected chi connectivity index (χ4v) is 3.71. The molecule has 1 aromatic carbocycles. The second kappa shape index (κ2) is 6.72. The summed E-state index contributed by atoms with van der Waals surface area (Å²) in [5.74, 6) is 1.49. The summed E-state index contributed by atoms with van der Waals surface area (Å²) in [6.45, 7) is 1.32. The fourth-order valence-electron chi connectivity index (χ4n) is 3.44. The zero-order chi connectivity index (χ0) is 17.3. The van der Waals surface area contributed by atoms with E-state index in [1.165, 1.54) is 31.2 Å². The monoisotopic (exact) mass is 401 g/mol. The largest absolute Gasteiger partial charge is 0.378 e. The topological polar surface area (TPSA) is 64.3 Å². The van der Waals surface area contributed by atoms with Crippen LogP contribution in [-0.2, 0) is 16.8 Å². The summed E-state index contributed by atoms with van der Waals surface area (Å²) in [4.78, 5) is 8.66. The van der Waals surface area contributed by atoms with Gasteiger partial charge in [-0.3, -0.25) is 0 Å². The average molecular weight is 402 g/mol. The van der Waals surface area contributed by atoms with E-state index in [0.29, 0.717) is 12.4 Å². The van der Waals surface area contributed by atoms with Crippen molar-refractivity contribution in [2.24, 2.45) is 0 Å². The summed E-state index contributed by atoms with van der Waals surface area (Å²) >= 11 is 3.52. The van der Waals surface area contributed by atoms with Crippen LogP contribution in [0.2, 0.25) is 0 Å². The van der Waals surface area contributed by atoms with Crippen LogP contribution in [-0.4, -0.2) is 33.2 Å². The van der Waals surface area contributed by atoms with E-state index < -0.39 is 0 Å². The Morgan fingerprint density at radius 3 is 2.76 bits per heavy atom. The van der Waals surface area contributed by atoms with Gasteiger partial charge >= 0.3 is 0 Å². The molecule has 0 unspecified atom stereocenters. The summed E-state index contributed by atoms with van der Waals surface area (Å²) < 4.78 is 8.07. The summed E-state index contributed by atoms with van der Waals surface area (Å²) in [6, 6.07) is 10.7. The lowest BCUT2D eigenvalue weighted by atomic mass is 9.64. The van der Waals surface area contributed by atoms with Gasteiger partial charge < -0.3 is 10.1 Å². The lowest BCUT2D eigenvalue weighted by molar-refractivity contribution is 0.181. The highest BCUT2D eigenvalue weighted by atomic mass is 79.9. The minimum Gasteiger partial charge on any atom is -0.378 e. The Balaban J connectivity index is 1.60. The Morgan fingerprint density at radius 2 is 2.08 bits per heavy atom. The van der Waals surface area contributed by atoms with Gasteiger partial charge in [0.15, 0.2) is 0 Å². The molecule has 0 saturated heterocycles. The van der Waals surface area contributed by atoms with Gasteiger partial charge in [-0.2, -0.15) is 14.6 Å². The molecule has 0 amide bonds. The van der Waals surface area contributed by atoms with Gasteiger partial charge in [0.05, 0.1) is 12.3 Å². The van der Waals surface area contributed by atoms with Crippen molar-refractivity contribution in [2.45, 2.75) is 31.3 Å². The molecule has 0 atom stereocenters. The second-order valence-corrected chi connectivity index (χ2v) is 7.45. The number of nitrogens with zero attached hydrogens (tertiary/aromatic N) is 4. The quantitative estimate of drug-likeness (QED) is 0.683. The maximum atomic E-state index is 5.21. The fraction of sp³-hybridized carbons (Fsp3) is 0.389. The number of anilines is 1. The number of hydrogen-bond donors (Lipinski definition) is 1. The molecule has 25 heavy (non-hydrogen) atoms. The lowest BCUT2D eigenvalue weighted by Crippen LogP contribution is -2.41. The highest BCUT2D eigenvalue weighted by molar-refractivity contribution is 9.10. The smallest absolute Gasteiger partial charge is 0.254 e. The molecule has 1 saturated carbocycles. The van der Waals surface area contributed by atoms with Crippen molar-refractivity contribution in [3.05, 3.63) is 52.4 Å². The molecule has 130 valence electrons. The Morgan fingerprint density at radius 1 is 1.28 bits per heavy atom. The van der Waals surface area contributed by atoms with Gasteiger partial charge in [-0.15, -0.1) is 0 Å². The van der Waals surface area contributed by atoms with Gasteiger partial charge in [0.25, 0.3) is 5.78 Å². The summed E-state index contributed by atoms with van der Waals surface area (Å²) in [5.41, 5.74) is 2.41. The predicted octanol–water partition coefficient (Wildman–Crippen LogP) is 3.57. The number of nitrogens with one attached hydrogen (secondary N) is 1. The minimum atomic E-state index is 0.179. The first-order valence-electron chi connectivity index (χ1n) is 8.39. The first-order valence-corrected chi connectivity index (χ1v) is 9.18. The van der Waals surface area contributed by atoms with E-state index >= 15 is 0 Å². The third-order valence-corrected chi connectivity index (χ3v) is 5.50. The standard InChI is InChI=1S/C18H20BrN5O/c1-25-10-15-9-16(24-17(23-15)21-12-22-24)20-11-18(7-2-8-18)13-3-5-14(19)6-4-13/h3-6,9,12,20H,2,7-8,10-11H2,1H3. The molecule has 1 N–H and O–H groups in total. The molecule has 0 bridgehead atoms. The molecule has 0 spiro atoms. The third-order valence-electron chi connectivity index (χ3n) is 4.97. The van der Waals surface area contributed by atoms with Gasteiger partial charge in [-0.1, -0.05) is 34.5 Å². The van der Waals surface area contributed by atoms with E-state index in [0.717, 1.165) is 22.5 Å². The zero-order valence-corrected chi connectivity index (χ0v) is 15.7. The molecule has 4 rings (SSSR count). The van der Waals surface area contributed by atoms with Crippen molar-refractivity contribution < 1.29 is 4.74 Å². The maximum absolute atomic E-state index is 5.21. The van der Waals surface area contributed by atoms with Crippen molar-refractivity contribution in [3.63, 3.8) is 0 Å². The van der Waals surface area contributed by atoms with Crippen LogP contribution in [0.1, 0.15) is 30.5 Å². The van der Waals surface area contributed by atoms with Gasteiger partial charge in [0.2, 0.25) is 0 Å². The minimum absolute atomic E-state index is 0.179. The van der Waals surface area contributed by atoms with E-state index in [9.17, 15) is 0 Å². The average Bonchev–Trinajstić information content (AvgIpc) is 3.04. The molecule has 2 heterocycles. The van der Waals surface area contributed by atoms with Crippen LogP contribution in [0.25, 0.3) is 5.78 Å². The molecule has 1 fully saturated rings. The second-order valence-electron chi connectivity index (χ2n) is 6.53. The van der Waals surface area contributed by atoms with Crippen molar-refractivity contribution >= 4 is 27.5 Å². The zero-order valence-electron chi connectivity index (χ0n) is 14.1. The van der Waals surface area contributed by atoms with E-state index in [1.54, 1.807) is 11.6 Å². The Hall–Kier alpha value is -1.99. The molecule has 0 aliphatic heterocycles. The van der Waals surface area contributed by atoms with Gasteiger partial charge in [0.1, 0.15) is 12.1 Å². The Bertz CT molecular complexity index is 873. The number of methoxy groups -OCH3 is 1. The number of hydrogen-bond acceptors (Lipinski definition) is 5.